The lowest BCUT2D eigenvalue weighted by molar-refractivity contribution is 0.512. The van der Waals surface area contributed by atoms with Crippen LogP contribution in [0.1, 0.15) is 5.56 Å². The van der Waals surface area contributed by atoms with E-state index < -0.39 is 12.5 Å². The Labute approximate surface area is 86.1 Å². The largest absolute Gasteiger partial charge is 0.389 e. The molecule has 0 heterocycles. The molecule has 0 spiro atoms. The Morgan fingerprint density at radius 2 is 2.21 bits per heavy atom. The van der Waals surface area contributed by atoms with Crippen molar-refractivity contribution in [2.75, 3.05) is 18.5 Å². The molecule has 0 bridgehead atoms. The average Bonchev–Trinajstić information content (AvgIpc) is 2.14. The second-order valence-corrected chi connectivity index (χ2v) is 3.08. The van der Waals surface area contributed by atoms with Crippen LogP contribution in [0.4, 0.5) is 14.5 Å². The first-order valence-corrected chi connectivity index (χ1v) is 4.45. The maximum atomic E-state index is 13.2. The van der Waals surface area contributed by atoms with E-state index in [1.165, 1.54) is 12.1 Å². The van der Waals surface area contributed by atoms with Crippen LogP contribution in [0.2, 0.25) is 0 Å². The van der Waals surface area contributed by atoms with Crippen LogP contribution in [0, 0.1) is 5.82 Å². The fourth-order valence-electron chi connectivity index (χ4n) is 1.10. The Bertz CT molecular complexity index is 342. The predicted molar refractivity (Wildman–Crippen MR) is 56.8 cm³/mol. The SMILES string of the molecule is NC(=S)c1c(F)cccc1NCCF. The summed E-state index contributed by atoms with van der Waals surface area (Å²) in [5, 5.41) is 2.70. The molecule has 0 saturated carbocycles. The number of hydrogen-bond donors (Lipinski definition) is 2. The van der Waals surface area contributed by atoms with E-state index in [0.29, 0.717) is 5.69 Å². The smallest absolute Gasteiger partial charge is 0.135 e. The molecule has 0 aromatic heterocycles. The van der Waals surface area contributed by atoms with Gasteiger partial charge in [0.25, 0.3) is 0 Å². The molecule has 1 aromatic rings. The molecule has 76 valence electrons. The molecular weight excluding hydrogens is 206 g/mol. The number of nitrogens with one attached hydrogen (secondary N) is 1. The van der Waals surface area contributed by atoms with E-state index in [1.807, 2.05) is 0 Å². The zero-order valence-corrected chi connectivity index (χ0v) is 8.20. The summed E-state index contributed by atoms with van der Waals surface area (Å²) in [4.78, 5) is -0.0375. The number of benzene rings is 1. The fraction of sp³-hybridized carbons (Fsp3) is 0.222. The molecule has 0 atom stereocenters. The van der Waals surface area contributed by atoms with E-state index in [9.17, 15) is 8.78 Å². The van der Waals surface area contributed by atoms with E-state index in [-0.39, 0.29) is 17.1 Å². The summed E-state index contributed by atoms with van der Waals surface area (Å²) in [5.41, 5.74) is 5.91. The molecule has 1 rings (SSSR count). The summed E-state index contributed by atoms with van der Waals surface area (Å²) in [7, 11) is 0. The van der Waals surface area contributed by atoms with Gasteiger partial charge in [-0.1, -0.05) is 18.3 Å². The number of alkyl halides is 1. The molecule has 3 N–H and O–H groups in total. The average molecular weight is 216 g/mol. The highest BCUT2D eigenvalue weighted by atomic mass is 32.1. The van der Waals surface area contributed by atoms with Crippen molar-refractivity contribution in [3.8, 4) is 0 Å². The van der Waals surface area contributed by atoms with Crippen LogP contribution in [-0.4, -0.2) is 18.2 Å². The molecule has 5 heteroatoms. The van der Waals surface area contributed by atoms with Crippen molar-refractivity contribution in [2.24, 2.45) is 5.73 Å². The molecule has 0 aliphatic heterocycles. The second kappa shape index (κ2) is 4.85. The summed E-state index contributed by atoms with van der Waals surface area (Å²) in [6.07, 6.45) is 0. The van der Waals surface area contributed by atoms with Gasteiger partial charge in [0.05, 0.1) is 5.56 Å². The van der Waals surface area contributed by atoms with Crippen molar-refractivity contribution in [1.82, 2.24) is 0 Å². The van der Waals surface area contributed by atoms with Crippen LogP contribution in [0.3, 0.4) is 0 Å². The Morgan fingerprint density at radius 1 is 1.50 bits per heavy atom. The van der Waals surface area contributed by atoms with E-state index in [2.05, 4.69) is 5.32 Å². The molecule has 2 nitrogen and oxygen atoms in total. The second-order valence-electron chi connectivity index (χ2n) is 2.64. The molecule has 0 saturated heterocycles. The molecule has 0 aliphatic rings. The molecule has 1 aromatic carbocycles. The Balaban J connectivity index is 3.02. The van der Waals surface area contributed by atoms with Gasteiger partial charge in [-0.25, -0.2) is 8.78 Å². The van der Waals surface area contributed by atoms with Gasteiger partial charge >= 0.3 is 0 Å². The first-order valence-electron chi connectivity index (χ1n) is 4.05. The topological polar surface area (TPSA) is 38.0 Å². The van der Waals surface area contributed by atoms with E-state index in [4.69, 9.17) is 18.0 Å². The van der Waals surface area contributed by atoms with Crippen molar-refractivity contribution in [2.45, 2.75) is 0 Å². The highest BCUT2D eigenvalue weighted by Crippen LogP contribution is 2.18. The predicted octanol–water partition coefficient (Wildman–Crippen LogP) is 1.84. The lowest BCUT2D eigenvalue weighted by Crippen LogP contribution is -2.16. The molecule has 0 fully saturated rings. The fourth-order valence-corrected chi connectivity index (χ4v) is 1.31. The van der Waals surface area contributed by atoms with Crippen molar-refractivity contribution < 1.29 is 8.78 Å². The minimum Gasteiger partial charge on any atom is -0.389 e. The van der Waals surface area contributed by atoms with Crippen LogP contribution in [0.5, 0.6) is 0 Å². The zero-order chi connectivity index (χ0) is 10.6. The van der Waals surface area contributed by atoms with Crippen molar-refractivity contribution in [3.05, 3.63) is 29.6 Å². The highest BCUT2D eigenvalue weighted by Gasteiger charge is 2.09. The Hall–Kier alpha value is -1.23. The van der Waals surface area contributed by atoms with Crippen molar-refractivity contribution in [3.63, 3.8) is 0 Å². The quantitative estimate of drug-likeness (QED) is 0.754. The highest BCUT2D eigenvalue weighted by molar-refractivity contribution is 7.80. The third kappa shape index (κ3) is 2.38. The monoisotopic (exact) mass is 216 g/mol. The van der Waals surface area contributed by atoms with Gasteiger partial charge in [-0.15, -0.1) is 0 Å². The first-order chi connectivity index (χ1) is 6.66. The summed E-state index contributed by atoms with van der Waals surface area (Å²) in [6.45, 7) is -0.424. The maximum absolute atomic E-state index is 13.2. The van der Waals surface area contributed by atoms with Gasteiger partial charge < -0.3 is 11.1 Å². The van der Waals surface area contributed by atoms with Gasteiger partial charge in [0, 0.05) is 12.2 Å². The van der Waals surface area contributed by atoms with Crippen molar-refractivity contribution in [1.29, 1.82) is 0 Å². The number of anilines is 1. The summed E-state index contributed by atoms with van der Waals surface area (Å²) in [6, 6.07) is 4.38. The molecule has 0 aliphatic carbocycles. The van der Waals surface area contributed by atoms with E-state index in [1.54, 1.807) is 6.07 Å². The van der Waals surface area contributed by atoms with Gasteiger partial charge in [-0.05, 0) is 12.1 Å². The summed E-state index contributed by atoms with van der Waals surface area (Å²) < 4.78 is 25.1. The molecular formula is C9H10F2N2S. The van der Waals surface area contributed by atoms with Crippen LogP contribution in [0.25, 0.3) is 0 Å². The Kier molecular flexibility index (Phi) is 3.76. The van der Waals surface area contributed by atoms with Gasteiger partial charge in [-0.3, -0.25) is 0 Å². The zero-order valence-electron chi connectivity index (χ0n) is 7.39. The van der Waals surface area contributed by atoms with Crippen LogP contribution in [0.15, 0.2) is 18.2 Å². The van der Waals surface area contributed by atoms with Gasteiger partial charge in [0.15, 0.2) is 0 Å². The van der Waals surface area contributed by atoms with Gasteiger partial charge in [0.1, 0.15) is 17.5 Å². The van der Waals surface area contributed by atoms with Gasteiger partial charge in [0.2, 0.25) is 0 Å². The molecule has 14 heavy (non-hydrogen) atoms. The lowest BCUT2D eigenvalue weighted by Gasteiger charge is -2.10. The molecule has 0 unspecified atom stereocenters. The van der Waals surface area contributed by atoms with Crippen LogP contribution in [-0.2, 0) is 0 Å². The van der Waals surface area contributed by atoms with Crippen LogP contribution < -0.4 is 11.1 Å². The third-order valence-corrected chi connectivity index (χ3v) is 1.87. The van der Waals surface area contributed by atoms with Gasteiger partial charge in [-0.2, -0.15) is 0 Å². The summed E-state index contributed by atoms with van der Waals surface area (Å²) in [5.74, 6) is -0.499. The number of hydrogen-bond acceptors (Lipinski definition) is 2. The minimum atomic E-state index is -0.534. The normalized spacial score (nSPS) is 9.86. The molecule has 0 amide bonds. The third-order valence-electron chi connectivity index (χ3n) is 1.67. The molecule has 0 radical (unpaired) electrons. The maximum Gasteiger partial charge on any atom is 0.135 e. The number of halogens is 2. The van der Waals surface area contributed by atoms with E-state index in [0.717, 1.165) is 0 Å². The van der Waals surface area contributed by atoms with Crippen LogP contribution >= 0.6 is 12.2 Å². The van der Waals surface area contributed by atoms with E-state index >= 15 is 0 Å². The number of rotatable bonds is 4. The minimum absolute atomic E-state index is 0.0375. The van der Waals surface area contributed by atoms with Crippen molar-refractivity contribution >= 4 is 22.9 Å². The lowest BCUT2D eigenvalue weighted by atomic mass is 10.1. The first kappa shape index (κ1) is 10.8. The number of thiocarbonyl (C=S) groups is 1. The summed E-state index contributed by atoms with van der Waals surface area (Å²) >= 11 is 4.69. The standard InChI is InChI=1S/C9H10F2N2S/c10-4-5-13-7-3-1-2-6(11)8(7)9(12)14/h1-3,13H,4-5H2,(H2,12,14). The Morgan fingerprint density at radius 3 is 2.79 bits per heavy atom. The number of nitrogens with two attached hydrogens (primary N) is 1.